The summed E-state index contributed by atoms with van der Waals surface area (Å²) < 4.78 is 8.78. The van der Waals surface area contributed by atoms with E-state index in [4.69, 9.17) is 20.6 Å². The number of benzene rings is 1. The zero-order valence-corrected chi connectivity index (χ0v) is 19.4. The summed E-state index contributed by atoms with van der Waals surface area (Å²) in [7, 11) is 1.63. The number of piperidine rings is 1. The van der Waals surface area contributed by atoms with Crippen LogP contribution in [-0.4, -0.2) is 60.8 Å². The molecule has 1 aliphatic heterocycles. The van der Waals surface area contributed by atoms with Crippen LogP contribution in [0.15, 0.2) is 30.6 Å². The Morgan fingerprint density at radius 1 is 1.24 bits per heavy atom. The summed E-state index contributed by atoms with van der Waals surface area (Å²) in [5.74, 6) is 1.95. The van der Waals surface area contributed by atoms with Crippen LogP contribution in [0.25, 0.3) is 16.6 Å². The maximum absolute atomic E-state index is 9.69. The first-order valence-corrected chi connectivity index (χ1v) is 11.2. The molecule has 33 heavy (non-hydrogen) atoms. The van der Waals surface area contributed by atoms with E-state index in [-0.39, 0.29) is 12.5 Å². The predicted octanol–water partition coefficient (Wildman–Crippen LogP) is 2.56. The molecule has 0 amide bonds. The number of hydrogen-bond acceptors (Lipinski definition) is 8. The average Bonchev–Trinajstić information content (AvgIpc) is 3.48. The van der Waals surface area contributed by atoms with Crippen molar-refractivity contribution in [1.82, 2.24) is 29.4 Å². The van der Waals surface area contributed by atoms with Gasteiger partial charge in [0.15, 0.2) is 11.5 Å². The summed E-state index contributed by atoms with van der Waals surface area (Å²) in [6.45, 7) is 6.95. The van der Waals surface area contributed by atoms with E-state index in [1.165, 1.54) is 0 Å². The van der Waals surface area contributed by atoms with Crippen LogP contribution in [0.1, 0.15) is 45.4 Å². The smallest absolute Gasteiger partial charge is 0.223 e. The van der Waals surface area contributed by atoms with Crippen LogP contribution >= 0.6 is 0 Å². The topological polar surface area (TPSA) is 120 Å². The maximum atomic E-state index is 9.69. The van der Waals surface area contributed by atoms with Gasteiger partial charge in [-0.1, -0.05) is 0 Å². The SMILES string of the molecule is COc1ccc2c(c1)nc(N)n1nc([C@@H]3CC[C@H](C)N(c4cnn(C(C)(C)CO)c4)C3)nc21. The van der Waals surface area contributed by atoms with Crippen molar-refractivity contribution >= 4 is 28.2 Å². The largest absolute Gasteiger partial charge is 0.497 e. The van der Waals surface area contributed by atoms with Crippen molar-refractivity contribution in [3.8, 4) is 5.75 Å². The van der Waals surface area contributed by atoms with Crippen molar-refractivity contribution in [2.45, 2.75) is 51.1 Å². The molecule has 5 rings (SSSR count). The summed E-state index contributed by atoms with van der Waals surface area (Å²) in [6, 6.07) is 6.06. The van der Waals surface area contributed by atoms with Crippen LogP contribution in [0, 0.1) is 0 Å². The van der Waals surface area contributed by atoms with Gasteiger partial charge in [-0.25, -0.2) is 9.97 Å². The van der Waals surface area contributed by atoms with E-state index in [0.717, 1.165) is 47.6 Å². The molecule has 0 unspecified atom stereocenters. The number of ether oxygens (including phenoxy) is 1. The molecular weight excluding hydrogens is 420 g/mol. The first kappa shape index (κ1) is 21.4. The summed E-state index contributed by atoms with van der Waals surface area (Å²) >= 11 is 0. The highest BCUT2D eigenvalue weighted by molar-refractivity contribution is 5.93. The van der Waals surface area contributed by atoms with Gasteiger partial charge in [-0.15, -0.1) is 5.10 Å². The summed E-state index contributed by atoms with van der Waals surface area (Å²) in [5.41, 5.74) is 8.25. The highest BCUT2D eigenvalue weighted by Gasteiger charge is 2.31. The van der Waals surface area contributed by atoms with Gasteiger partial charge >= 0.3 is 0 Å². The second-order valence-corrected chi connectivity index (χ2v) is 9.45. The quantitative estimate of drug-likeness (QED) is 0.476. The van der Waals surface area contributed by atoms with E-state index in [2.05, 4.69) is 21.9 Å². The zero-order valence-electron chi connectivity index (χ0n) is 19.4. The van der Waals surface area contributed by atoms with Crippen molar-refractivity contribution in [2.75, 3.05) is 30.9 Å². The Balaban J connectivity index is 1.48. The summed E-state index contributed by atoms with van der Waals surface area (Å²) in [6.07, 6.45) is 5.88. The normalized spacial score (nSPS) is 19.5. The fraction of sp³-hybridized carbons (Fsp3) is 0.478. The Bertz CT molecular complexity index is 1310. The maximum Gasteiger partial charge on any atom is 0.223 e. The number of anilines is 2. The standard InChI is InChI=1S/C23H30N8O2/c1-14-5-6-15(11-29(14)16-10-25-30(12-16)23(2,3)13-32)20-27-21-18-8-7-17(33-4)9-19(18)26-22(24)31(21)28-20/h7-10,12,14-15,32H,5-6,11,13H2,1-4H3,(H2,24,26)/t14-,15+/m0/s1. The fourth-order valence-electron chi connectivity index (χ4n) is 4.47. The van der Waals surface area contributed by atoms with Crippen LogP contribution in [0.2, 0.25) is 0 Å². The molecule has 0 spiro atoms. The molecule has 3 aromatic heterocycles. The molecule has 0 aliphatic carbocycles. The van der Waals surface area contributed by atoms with Crippen molar-refractivity contribution in [1.29, 1.82) is 0 Å². The molecule has 0 saturated carbocycles. The third-order valence-electron chi connectivity index (χ3n) is 6.68. The molecule has 0 bridgehead atoms. The lowest BCUT2D eigenvalue weighted by Gasteiger charge is -2.38. The minimum Gasteiger partial charge on any atom is -0.497 e. The van der Waals surface area contributed by atoms with Crippen molar-refractivity contribution in [3.63, 3.8) is 0 Å². The number of nitrogen functional groups attached to an aromatic ring is 1. The Kier molecular flexibility index (Phi) is 5.12. The molecule has 10 nitrogen and oxygen atoms in total. The number of hydrogen-bond donors (Lipinski definition) is 2. The number of aliphatic hydroxyl groups excluding tert-OH is 1. The zero-order chi connectivity index (χ0) is 23.3. The van der Waals surface area contributed by atoms with Crippen LogP contribution in [-0.2, 0) is 5.54 Å². The molecule has 1 aromatic carbocycles. The Morgan fingerprint density at radius 3 is 2.82 bits per heavy atom. The minimum atomic E-state index is -0.450. The van der Waals surface area contributed by atoms with Crippen molar-refractivity contribution in [2.24, 2.45) is 0 Å². The molecule has 0 radical (unpaired) electrons. The molecule has 4 aromatic rings. The van der Waals surface area contributed by atoms with Crippen molar-refractivity contribution in [3.05, 3.63) is 36.4 Å². The van der Waals surface area contributed by atoms with E-state index in [1.54, 1.807) is 11.6 Å². The van der Waals surface area contributed by atoms with Crippen LogP contribution in [0.3, 0.4) is 0 Å². The second-order valence-electron chi connectivity index (χ2n) is 9.45. The van der Waals surface area contributed by atoms with Gasteiger partial charge in [-0.2, -0.15) is 9.61 Å². The summed E-state index contributed by atoms with van der Waals surface area (Å²) in [4.78, 5) is 11.7. The number of rotatable bonds is 5. The lowest BCUT2D eigenvalue weighted by molar-refractivity contribution is 0.152. The van der Waals surface area contributed by atoms with E-state index in [1.807, 2.05) is 49.1 Å². The first-order valence-electron chi connectivity index (χ1n) is 11.2. The Morgan fingerprint density at radius 2 is 2.06 bits per heavy atom. The van der Waals surface area contributed by atoms with E-state index >= 15 is 0 Å². The van der Waals surface area contributed by atoms with Gasteiger partial charge in [-0.3, -0.25) is 4.68 Å². The molecule has 2 atom stereocenters. The highest BCUT2D eigenvalue weighted by atomic mass is 16.5. The molecule has 1 aliphatic rings. The number of aromatic nitrogens is 6. The van der Waals surface area contributed by atoms with Crippen LogP contribution in [0.5, 0.6) is 5.75 Å². The van der Waals surface area contributed by atoms with E-state index in [9.17, 15) is 5.11 Å². The highest BCUT2D eigenvalue weighted by Crippen LogP contribution is 2.34. The first-order chi connectivity index (χ1) is 15.8. The van der Waals surface area contributed by atoms with Gasteiger partial charge in [-0.05, 0) is 45.7 Å². The van der Waals surface area contributed by atoms with Crippen LogP contribution in [0.4, 0.5) is 11.6 Å². The number of methoxy groups -OCH3 is 1. The van der Waals surface area contributed by atoms with E-state index in [0.29, 0.717) is 17.6 Å². The van der Waals surface area contributed by atoms with Gasteiger partial charge in [0.25, 0.3) is 0 Å². The Hall–Kier alpha value is -3.40. The fourth-order valence-corrected chi connectivity index (χ4v) is 4.47. The molecule has 10 heteroatoms. The molecule has 1 fully saturated rings. The predicted molar refractivity (Wildman–Crippen MR) is 127 cm³/mol. The van der Waals surface area contributed by atoms with Gasteiger partial charge < -0.3 is 20.5 Å². The molecule has 3 N–H and O–H groups in total. The summed E-state index contributed by atoms with van der Waals surface area (Å²) in [5, 5.41) is 19.8. The number of nitrogens with two attached hydrogens (primary N) is 1. The van der Waals surface area contributed by atoms with Gasteiger partial charge in [0.05, 0.1) is 36.7 Å². The third-order valence-corrected chi connectivity index (χ3v) is 6.68. The number of fused-ring (bicyclic) bond motifs is 3. The van der Waals surface area contributed by atoms with Crippen molar-refractivity contribution < 1.29 is 9.84 Å². The van der Waals surface area contributed by atoms with Gasteiger partial charge in [0.1, 0.15) is 5.75 Å². The Labute approximate surface area is 192 Å². The molecule has 4 heterocycles. The lowest BCUT2D eigenvalue weighted by Crippen LogP contribution is -2.41. The van der Waals surface area contributed by atoms with Gasteiger partial charge in [0.2, 0.25) is 5.95 Å². The second kappa shape index (κ2) is 7.87. The molecule has 1 saturated heterocycles. The van der Waals surface area contributed by atoms with E-state index < -0.39 is 5.54 Å². The molecule has 174 valence electrons. The lowest BCUT2D eigenvalue weighted by atomic mass is 9.92. The van der Waals surface area contributed by atoms with Gasteiger partial charge in [0, 0.05) is 36.2 Å². The monoisotopic (exact) mass is 450 g/mol. The number of aliphatic hydroxyl groups is 1. The number of nitrogens with zero attached hydrogens (tertiary/aromatic N) is 7. The minimum absolute atomic E-state index is 0.0206. The van der Waals surface area contributed by atoms with Crippen LogP contribution < -0.4 is 15.4 Å². The third kappa shape index (κ3) is 3.64. The molecular formula is C23H30N8O2. The average molecular weight is 451 g/mol.